The molecule has 2 saturated heterocycles. The molecule has 3 aliphatic rings. The van der Waals surface area contributed by atoms with E-state index in [1.54, 1.807) is 0 Å². The van der Waals surface area contributed by atoms with Crippen molar-refractivity contribution in [2.45, 2.75) is 44.6 Å². The molecule has 1 saturated carbocycles. The fraction of sp³-hybridized carbons (Fsp3) is 0.739. The molecule has 31 heavy (non-hydrogen) atoms. The molecule has 1 aromatic heterocycles. The first-order valence-electron chi connectivity index (χ1n) is 12.0. The lowest BCUT2D eigenvalue weighted by Crippen LogP contribution is -2.53. The monoisotopic (exact) mass is 446 g/mol. The van der Waals surface area contributed by atoms with E-state index < -0.39 is 0 Å². The molecule has 0 radical (unpaired) electrons. The molecule has 172 valence electrons. The number of piperidine rings is 1. The molecule has 2 aliphatic heterocycles. The van der Waals surface area contributed by atoms with Crippen molar-refractivity contribution in [3.8, 4) is 0 Å². The Labute approximate surface area is 190 Å². The van der Waals surface area contributed by atoms with Crippen LogP contribution in [0.4, 0.5) is 5.00 Å². The highest BCUT2D eigenvalue weighted by Crippen LogP contribution is 2.27. The van der Waals surface area contributed by atoms with Crippen molar-refractivity contribution in [3.05, 3.63) is 17.5 Å². The van der Waals surface area contributed by atoms with Gasteiger partial charge in [0.25, 0.3) is 0 Å². The summed E-state index contributed by atoms with van der Waals surface area (Å²) in [7, 11) is 1.85. The Morgan fingerprint density at radius 1 is 1.10 bits per heavy atom. The molecular formula is C23H38N6OS. The van der Waals surface area contributed by atoms with Crippen molar-refractivity contribution in [3.63, 3.8) is 0 Å². The average molecular weight is 447 g/mol. The Morgan fingerprint density at radius 2 is 1.84 bits per heavy atom. The third kappa shape index (κ3) is 6.13. The van der Waals surface area contributed by atoms with Crippen LogP contribution in [0.1, 0.15) is 38.5 Å². The van der Waals surface area contributed by atoms with Gasteiger partial charge in [-0.3, -0.25) is 14.7 Å². The van der Waals surface area contributed by atoms with E-state index in [9.17, 15) is 4.79 Å². The zero-order valence-electron chi connectivity index (χ0n) is 18.9. The Bertz CT molecular complexity index is 702. The summed E-state index contributed by atoms with van der Waals surface area (Å²) in [5.74, 6) is 1.62. The van der Waals surface area contributed by atoms with Crippen LogP contribution in [-0.4, -0.2) is 87.1 Å². The Kier molecular flexibility index (Phi) is 8.08. The minimum absolute atomic E-state index is 0.305. The molecule has 0 bridgehead atoms. The molecule has 3 fully saturated rings. The van der Waals surface area contributed by atoms with Gasteiger partial charge < -0.3 is 20.4 Å². The summed E-state index contributed by atoms with van der Waals surface area (Å²) in [6.07, 6.45) is 6.92. The number of aliphatic imine (C=N–C) groups is 1. The summed E-state index contributed by atoms with van der Waals surface area (Å²) in [6, 6.07) is 4.82. The number of amides is 1. The van der Waals surface area contributed by atoms with E-state index in [0.717, 1.165) is 84.0 Å². The fourth-order valence-corrected chi connectivity index (χ4v) is 5.82. The van der Waals surface area contributed by atoms with E-state index in [-0.39, 0.29) is 0 Å². The lowest BCUT2D eigenvalue weighted by Gasteiger charge is -2.36. The molecular weight excluding hydrogens is 408 g/mol. The quantitative estimate of drug-likeness (QED) is 0.518. The smallest absolute Gasteiger partial charge is 0.225 e. The summed E-state index contributed by atoms with van der Waals surface area (Å²) < 4.78 is 0. The Hall–Kier alpha value is -1.80. The molecule has 4 rings (SSSR count). The maximum Gasteiger partial charge on any atom is 0.225 e. The average Bonchev–Trinajstić information content (AvgIpc) is 3.53. The number of carbonyl (C=O) groups is 1. The summed E-state index contributed by atoms with van der Waals surface area (Å²) in [5.41, 5.74) is 0. The second kappa shape index (κ2) is 11.2. The maximum atomic E-state index is 12.6. The van der Waals surface area contributed by atoms with E-state index in [1.165, 1.54) is 17.8 Å². The number of piperazine rings is 1. The van der Waals surface area contributed by atoms with Gasteiger partial charge >= 0.3 is 0 Å². The zero-order valence-corrected chi connectivity index (χ0v) is 19.7. The van der Waals surface area contributed by atoms with Crippen LogP contribution in [-0.2, 0) is 4.79 Å². The standard InChI is InChI=1S/C23H38N6OS/c1-24-23(26-20-8-11-28(12-9-20)21-7-4-18-31-21)25-10-13-27-14-16-29(17-15-27)22(30)19-5-2-3-6-19/h4,7,18-20H,2-3,5-6,8-17H2,1H3,(H2,24,25,26). The predicted molar refractivity (Wildman–Crippen MR) is 129 cm³/mol. The van der Waals surface area contributed by atoms with Crippen molar-refractivity contribution in [1.82, 2.24) is 20.4 Å². The van der Waals surface area contributed by atoms with Gasteiger partial charge in [-0.1, -0.05) is 12.8 Å². The third-order valence-corrected chi connectivity index (χ3v) is 7.92. The predicted octanol–water partition coefficient (Wildman–Crippen LogP) is 2.22. The first-order chi connectivity index (χ1) is 15.2. The van der Waals surface area contributed by atoms with Gasteiger partial charge in [-0.2, -0.15) is 0 Å². The van der Waals surface area contributed by atoms with Gasteiger partial charge in [-0.25, -0.2) is 0 Å². The molecule has 0 spiro atoms. The van der Waals surface area contributed by atoms with Crippen LogP contribution < -0.4 is 15.5 Å². The van der Waals surface area contributed by atoms with Crippen LogP contribution in [0.3, 0.4) is 0 Å². The number of nitrogens with zero attached hydrogens (tertiary/aromatic N) is 4. The minimum atomic E-state index is 0.305. The number of hydrogen-bond acceptors (Lipinski definition) is 5. The van der Waals surface area contributed by atoms with Gasteiger partial charge in [0, 0.05) is 71.4 Å². The third-order valence-electron chi connectivity index (χ3n) is 6.99. The molecule has 8 heteroatoms. The summed E-state index contributed by atoms with van der Waals surface area (Å²) in [6.45, 7) is 7.78. The van der Waals surface area contributed by atoms with Crippen molar-refractivity contribution >= 4 is 28.2 Å². The Balaban J connectivity index is 1.11. The zero-order chi connectivity index (χ0) is 21.5. The van der Waals surface area contributed by atoms with Crippen molar-refractivity contribution < 1.29 is 4.79 Å². The first-order valence-corrected chi connectivity index (χ1v) is 12.9. The highest BCUT2D eigenvalue weighted by atomic mass is 32.1. The molecule has 1 amide bonds. The van der Waals surface area contributed by atoms with Crippen LogP contribution in [0.2, 0.25) is 0 Å². The van der Waals surface area contributed by atoms with Gasteiger partial charge in [0.1, 0.15) is 0 Å². The van der Waals surface area contributed by atoms with Crippen LogP contribution in [0.5, 0.6) is 0 Å². The molecule has 1 aromatic rings. The molecule has 3 heterocycles. The fourth-order valence-electron chi connectivity index (χ4n) is 5.04. The molecule has 0 aromatic carbocycles. The van der Waals surface area contributed by atoms with E-state index in [4.69, 9.17) is 0 Å². The highest BCUT2D eigenvalue weighted by molar-refractivity contribution is 7.14. The van der Waals surface area contributed by atoms with Crippen LogP contribution in [0, 0.1) is 5.92 Å². The lowest BCUT2D eigenvalue weighted by atomic mass is 10.1. The second-order valence-electron chi connectivity index (χ2n) is 9.00. The number of anilines is 1. The van der Waals surface area contributed by atoms with E-state index in [2.05, 4.69) is 47.8 Å². The van der Waals surface area contributed by atoms with Crippen molar-refractivity contribution in [2.24, 2.45) is 10.9 Å². The van der Waals surface area contributed by atoms with Crippen LogP contribution >= 0.6 is 11.3 Å². The van der Waals surface area contributed by atoms with Crippen molar-refractivity contribution in [1.29, 1.82) is 0 Å². The van der Waals surface area contributed by atoms with Gasteiger partial charge in [0.2, 0.25) is 5.91 Å². The minimum Gasteiger partial charge on any atom is -0.363 e. The molecule has 0 atom stereocenters. The summed E-state index contributed by atoms with van der Waals surface area (Å²) >= 11 is 1.82. The van der Waals surface area contributed by atoms with Crippen LogP contribution in [0.15, 0.2) is 22.5 Å². The summed E-state index contributed by atoms with van der Waals surface area (Å²) in [4.78, 5) is 24.1. The molecule has 2 N–H and O–H groups in total. The number of carbonyl (C=O) groups excluding carboxylic acids is 1. The highest BCUT2D eigenvalue weighted by Gasteiger charge is 2.29. The molecule has 1 aliphatic carbocycles. The van der Waals surface area contributed by atoms with Gasteiger partial charge in [-0.15, -0.1) is 11.3 Å². The SMILES string of the molecule is CN=C(NCCN1CCN(C(=O)C2CCCC2)CC1)NC1CCN(c2cccs2)CC1. The normalized spacial score (nSPS) is 22.2. The largest absolute Gasteiger partial charge is 0.363 e. The maximum absolute atomic E-state index is 12.6. The first kappa shape index (κ1) is 22.4. The van der Waals surface area contributed by atoms with E-state index in [1.807, 2.05) is 18.4 Å². The van der Waals surface area contributed by atoms with Gasteiger partial charge in [0.05, 0.1) is 5.00 Å². The number of guanidine groups is 1. The van der Waals surface area contributed by atoms with Crippen molar-refractivity contribution in [2.75, 3.05) is 64.3 Å². The topological polar surface area (TPSA) is 63.2 Å². The number of hydrogen-bond donors (Lipinski definition) is 2. The van der Waals surface area contributed by atoms with E-state index in [0.29, 0.717) is 17.9 Å². The molecule has 0 unspecified atom stereocenters. The van der Waals surface area contributed by atoms with Crippen LogP contribution in [0.25, 0.3) is 0 Å². The number of nitrogens with one attached hydrogen (secondary N) is 2. The summed E-state index contributed by atoms with van der Waals surface area (Å²) in [5, 5.41) is 10.6. The lowest BCUT2D eigenvalue weighted by molar-refractivity contribution is -0.137. The number of rotatable bonds is 6. The van der Waals surface area contributed by atoms with E-state index >= 15 is 0 Å². The van der Waals surface area contributed by atoms with Gasteiger partial charge in [-0.05, 0) is 43.2 Å². The Morgan fingerprint density at radius 3 is 2.48 bits per heavy atom. The van der Waals surface area contributed by atoms with Gasteiger partial charge in [0.15, 0.2) is 5.96 Å². The number of thiophene rings is 1. The second-order valence-corrected chi connectivity index (χ2v) is 9.93. The molecule has 7 nitrogen and oxygen atoms in total.